The van der Waals surface area contributed by atoms with Gasteiger partial charge in [0.2, 0.25) is 0 Å². The van der Waals surface area contributed by atoms with Gasteiger partial charge in [0.05, 0.1) is 0 Å². The summed E-state index contributed by atoms with van der Waals surface area (Å²) in [5.41, 5.74) is 0. The largest absolute Gasteiger partial charge is 0.126 e. The summed E-state index contributed by atoms with van der Waals surface area (Å²) in [7, 11) is 0.161. The molecule has 0 spiro atoms. The molecule has 0 aliphatic rings. The van der Waals surface area contributed by atoms with Crippen LogP contribution in [-0.2, 0) is 0 Å². The Morgan fingerprint density at radius 3 is 2.27 bits per heavy atom. The van der Waals surface area contributed by atoms with Crippen molar-refractivity contribution >= 4 is 19.7 Å². The second-order valence-corrected chi connectivity index (χ2v) is 9.11. The summed E-state index contributed by atoms with van der Waals surface area (Å²) in [4.78, 5) is 1.40. The van der Waals surface area contributed by atoms with Crippen molar-refractivity contribution in [3.8, 4) is 0 Å². The van der Waals surface area contributed by atoms with E-state index >= 15 is 0 Å². The van der Waals surface area contributed by atoms with E-state index in [1.165, 1.54) is 16.8 Å². The van der Waals surface area contributed by atoms with E-state index in [0.29, 0.717) is 5.16 Å². The molecule has 0 fully saturated rings. The second-order valence-electron chi connectivity index (χ2n) is 4.75. The van der Waals surface area contributed by atoms with Crippen LogP contribution in [0.3, 0.4) is 0 Å². The third-order valence-electron chi connectivity index (χ3n) is 2.58. The van der Waals surface area contributed by atoms with E-state index in [0.717, 1.165) is 0 Å². The van der Waals surface area contributed by atoms with E-state index in [-0.39, 0.29) is 7.92 Å². The molecule has 0 N–H and O–H groups in total. The molecule has 0 aliphatic heterocycles. The fourth-order valence-electron chi connectivity index (χ4n) is 1.15. The zero-order chi connectivity index (χ0) is 11.3. The lowest BCUT2D eigenvalue weighted by Crippen LogP contribution is -2.13. The highest BCUT2D eigenvalue weighted by molar-refractivity contribution is 7.99. The molecule has 1 atom stereocenters. The van der Waals surface area contributed by atoms with Crippen LogP contribution in [0.2, 0.25) is 0 Å². The zero-order valence-corrected chi connectivity index (χ0v) is 11.9. The minimum Gasteiger partial charge on any atom is -0.126 e. The summed E-state index contributed by atoms with van der Waals surface area (Å²) in [5, 5.41) is 0.507. The van der Waals surface area contributed by atoms with Gasteiger partial charge in [0.1, 0.15) is 0 Å². The van der Waals surface area contributed by atoms with Crippen LogP contribution in [-0.4, -0.2) is 23.7 Å². The van der Waals surface area contributed by atoms with E-state index in [1.54, 1.807) is 0 Å². The van der Waals surface area contributed by atoms with Gasteiger partial charge in [-0.25, -0.2) is 0 Å². The fourth-order valence-corrected chi connectivity index (χ4v) is 3.87. The highest BCUT2D eigenvalue weighted by Gasteiger charge is 2.18. The monoisotopic (exact) mass is 240 g/mol. The summed E-state index contributed by atoms with van der Waals surface area (Å²) >= 11 is 1.98. The first-order valence-corrected chi connectivity index (χ1v) is 8.35. The lowest BCUT2D eigenvalue weighted by Gasteiger charge is -2.27. The molecule has 0 radical (unpaired) electrons. The quantitative estimate of drug-likeness (QED) is 0.543. The molecule has 0 bridgehead atoms. The molecule has 84 valence electrons. The standard InChI is InChI=1S/C13H21PS/c1-13(2,3)14(4)10-11-15-12-8-6-5-7-9-12/h5-9H,10-11H2,1-4H3. The van der Waals surface area contributed by atoms with Crippen molar-refractivity contribution < 1.29 is 0 Å². The van der Waals surface area contributed by atoms with Crippen LogP contribution in [0.5, 0.6) is 0 Å². The molecule has 15 heavy (non-hydrogen) atoms. The lowest BCUT2D eigenvalue weighted by molar-refractivity contribution is 0.785. The summed E-state index contributed by atoms with van der Waals surface area (Å²) in [6.45, 7) is 9.48. The molecular weight excluding hydrogens is 219 g/mol. The van der Waals surface area contributed by atoms with Crippen LogP contribution in [0.15, 0.2) is 35.2 Å². The van der Waals surface area contributed by atoms with Gasteiger partial charge in [-0.05, 0) is 30.1 Å². The summed E-state index contributed by atoms with van der Waals surface area (Å²) in [6, 6.07) is 10.7. The first-order valence-electron chi connectivity index (χ1n) is 5.39. The fraction of sp³-hybridized carbons (Fsp3) is 0.538. The zero-order valence-electron chi connectivity index (χ0n) is 10.2. The lowest BCUT2D eigenvalue weighted by atomic mass is 10.3. The van der Waals surface area contributed by atoms with Crippen molar-refractivity contribution in [2.45, 2.75) is 30.8 Å². The predicted octanol–water partition coefficient (Wildman–Crippen LogP) is 4.69. The number of hydrogen-bond acceptors (Lipinski definition) is 1. The number of hydrogen-bond donors (Lipinski definition) is 0. The number of thioether (sulfide) groups is 1. The Hall–Kier alpha value is 0. The van der Waals surface area contributed by atoms with E-state index in [2.05, 4.69) is 57.8 Å². The van der Waals surface area contributed by atoms with Crippen molar-refractivity contribution in [3.05, 3.63) is 30.3 Å². The van der Waals surface area contributed by atoms with Crippen molar-refractivity contribution in [1.29, 1.82) is 0 Å². The van der Waals surface area contributed by atoms with Gasteiger partial charge < -0.3 is 0 Å². The third-order valence-corrected chi connectivity index (χ3v) is 7.08. The third kappa shape index (κ3) is 5.04. The topological polar surface area (TPSA) is 0 Å². The Balaban J connectivity index is 2.28. The van der Waals surface area contributed by atoms with Gasteiger partial charge in [-0.2, -0.15) is 0 Å². The van der Waals surface area contributed by atoms with Gasteiger partial charge in [0.15, 0.2) is 0 Å². The predicted molar refractivity (Wildman–Crippen MR) is 74.6 cm³/mol. The van der Waals surface area contributed by atoms with Gasteiger partial charge in [0.25, 0.3) is 0 Å². The molecule has 0 aliphatic carbocycles. The van der Waals surface area contributed by atoms with Crippen LogP contribution < -0.4 is 0 Å². The molecule has 1 unspecified atom stereocenters. The van der Waals surface area contributed by atoms with E-state index in [1.807, 2.05) is 11.8 Å². The molecule has 0 aromatic heterocycles. The van der Waals surface area contributed by atoms with Crippen molar-refractivity contribution in [2.24, 2.45) is 0 Å². The van der Waals surface area contributed by atoms with E-state index < -0.39 is 0 Å². The van der Waals surface area contributed by atoms with Crippen LogP contribution in [0.25, 0.3) is 0 Å². The Morgan fingerprint density at radius 2 is 1.73 bits per heavy atom. The van der Waals surface area contributed by atoms with E-state index in [9.17, 15) is 0 Å². The minimum atomic E-state index is 0.161. The molecule has 0 saturated heterocycles. The molecule has 0 amide bonds. The van der Waals surface area contributed by atoms with Crippen molar-refractivity contribution in [3.63, 3.8) is 0 Å². The smallest absolute Gasteiger partial charge is 0.00720 e. The minimum absolute atomic E-state index is 0.161. The Bertz CT molecular complexity index is 276. The van der Waals surface area contributed by atoms with Crippen LogP contribution >= 0.6 is 19.7 Å². The van der Waals surface area contributed by atoms with Gasteiger partial charge >= 0.3 is 0 Å². The average molecular weight is 240 g/mol. The highest BCUT2D eigenvalue weighted by Crippen LogP contribution is 2.46. The molecular formula is C13H21PS. The number of rotatable bonds is 4. The second kappa shape index (κ2) is 5.92. The molecule has 0 saturated carbocycles. The maximum atomic E-state index is 2.42. The Morgan fingerprint density at radius 1 is 1.13 bits per heavy atom. The summed E-state index contributed by atoms with van der Waals surface area (Å²) in [5.74, 6) is 1.25. The molecule has 1 aromatic carbocycles. The van der Waals surface area contributed by atoms with Gasteiger partial charge in [-0.1, -0.05) is 39.0 Å². The molecule has 0 heterocycles. The van der Waals surface area contributed by atoms with E-state index in [4.69, 9.17) is 0 Å². The van der Waals surface area contributed by atoms with Crippen molar-refractivity contribution in [2.75, 3.05) is 18.6 Å². The average Bonchev–Trinajstić information content (AvgIpc) is 2.18. The SMILES string of the molecule is CP(CCSc1ccccc1)C(C)(C)C. The van der Waals surface area contributed by atoms with Gasteiger partial charge in [0, 0.05) is 10.6 Å². The molecule has 1 rings (SSSR count). The van der Waals surface area contributed by atoms with Gasteiger partial charge in [-0.3, -0.25) is 0 Å². The molecule has 1 aromatic rings. The molecule has 2 heteroatoms. The Kier molecular flexibility index (Phi) is 5.15. The highest BCUT2D eigenvalue weighted by atomic mass is 32.2. The van der Waals surface area contributed by atoms with Crippen LogP contribution in [0.1, 0.15) is 20.8 Å². The summed E-state index contributed by atoms with van der Waals surface area (Å²) < 4.78 is 0. The normalized spacial score (nSPS) is 13.9. The van der Waals surface area contributed by atoms with Crippen molar-refractivity contribution in [1.82, 2.24) is 0 Å². The first kappa shape index (κ1) is 13.1. The maximum absolute atomic E-state index is 2.42. The first-order chi connectivity index (χ1) is 7.00. The van der Waals surface area contributed by atoms with Crippen LogP contribution in [0, 0.1) is 0 Å². The Labute approximate surface area is 99.6 Å². The molecule has 0 nitrogen and oxygen atoms in total. The van der Waals surface area contributed by atoms with Gasteiger partial charge in [-0.15, -0.1) is 19.7 Å². The summed E-state index contributed by atoms with van der Waals surface area (Å²) in [6.07, 6.45) is 1.36. The van der Waals surface area contributed by atoms with Crippen LogP contribution in [0.4, 0.5) is 0 Å². The number of benzene rings is 1. The maximum Gasteiger partial charge on any atom is 0.00720 e.